The zero-order valence-corrected chi connectivity index (χ0v) is 16.9. The van der Waals surface area contributed by atoms with Crippen LogP contribution in [0.25, 0.3) is 11.5 Å². The number of furan rings is 1. The van der Waals surface area contributed by atoms with Gasteiger partial charge in [0.25, 0.3) is 0 Å². The van der Waals surface area contributed by atoms with Gasteiger partial charge in [-0.15, -0.1) is 0 Å². The fraction of sp³-hybridized carbons (Fsp3) is 0.333. The lowest BCUT2D eigenvalue weighted by molar-refractivity contribution is -0.117. The number of piperidine rings is 1. The molecule has 0 saturated carbocycles. The molecule has 150 valence electrons. The lowest BCUT2D eigenvalue weighted by Gasteiger charge is -2.29. The summed E-state index contributed by atoms with van der Waals surface area (Å²) in [6.45, 7) is 4.41. The van der Waals surface area contributed by atoms with Crippen LogP contribution in [0.15, 0.2) is 47.2 Å². The van der Waals surface area contributed by atoms with Crippen molar-refractivity contribution in [1.29, 1.82) is 0 Å². The fourth-order valence-electron chi connectivity index (χ4n) is 3.30. The van der Waals surface area contributed by atoms with Crippen LogP contribution in [0, 0.1) is 5.92 Å². The van der Waals surface area contributed by atoms with Crippen LogP contribution >= 0.6 is 11.3 Å². The summed E-state index contributed by atoms with van der Waals surface area (Å²) in [6.07, 6.45) is 5.31. The quantitative estimate of drug-likeness (QED) is 0.624. The number of nitrogens with one attached hydrogen (secondary N) is 1. The Bertz CT molecular complexity index is 977. The lowest BCUT2D eigenvalue weighted by Crippen LogP contribution is -2.38. The Morgan fingerprint density at radius 3 is 2.76 bits per heavy atom. The van der Waals surface area contributed by atoms with Crippen molar-refractivity contribution in [2.75, 3.05) is 25.0 Å². The topological polar surface area (TPSA) is 88.3 Å². The molecule has 1 saturated heterocycles. The van der Waals surface area contributed by atoms with Crippen LogP contribution in [0.3, 0.4) is 0 Å². The second kappa shape index (κ2) is 8.67. The first-order valence-corrected chi connectivity index (χ1v) is 10.4. The molecule has 8 heteroatoms. The van der Waals surface area contributed by atoms with Crippen LogP contribution in [0.5, 0.6) is 0 Å². The molecule has 0 aliphatic carbocycles. The Morgan fingerprint density at radius 1 is 1.24 bits per heavy atom. The molecule has 1 fully saturated rings. The molecule has 0 unspecified atom stereocenters. The summed E-state index contributed by atoms with van der Waals surface area (Å²) in [5, 5.41) is 3.22. The average molecular weight is 410 g/mol. The summed E-state index contributed by atoms with van der Waals surface area (Å²) in [7, 11) is 0. The molecule has 1 N–H and O–H groups in total. The second-order valence-corrected chi connectivity index (χ2v) is 8.22. The van der Waals surface area contributed by atoms with Crippen LogP contribution in [-0.2, 0) is 4.79 Å². The van der Waals surface area contributed by atoms with Gasteiger partial charge in [-0.05, 0) is 56.1 Å². The highest BCUT2D eigenvalue weighted by Gasteiger charge is 2.24. The molecule has 3 aromatic heterocycles. The Hall–Kier alpha value is -2.84. The van der Waals surface area contributed by atoms with Crippen molar-refractivity contribution in [3.05, 3.63) is 53.4 Å². The number of carbonyl (C=O) groups is 2. The standard InChI is InChI=1S/C21H22N4O3S/c1-14-7-10-25(11-8-14)13-17(26)23-21-24-18(16-6-4-12-28-16)20(29-21)19(27)15-5-2-3-9-22-15/h2-6,9,12,14H,7-8,10-11,13H2,1H3,(H,23,24,26). The van der Waals surface area contributed by atoms with Crippen molar-refractivity contribution in [2.24, 2.45) is 5.92 Å². The summed E-state index contributed by atoms with van der Waals surface area (Å²) in [5.41, 5.74) is 0.738. The molecule has 0 bridgehead atoms. The number of amides is 1. The van der Waals surface area contributed by atoms with Gasteiger partial charge in [-0.25, -0.2) is 4.98 Å². The predicted molar refractivity (Wildman–Crippen MR) is 111 cm³/mol. The second-order valence-electron chi connectivity index (χ2n) is 7.22. The van der Waals surface area contributed by atoms with Crippen molar-refractivity contribution in [3.63, 3.8) is 0 Å². The van der Waals surface area contributed by atoms with Crippen LogP contribution in [0.1, 0.15) is 35.1 Å². The van der Waals surface area contributed by atoms with Crippen LogP contribution in [-0.4, -0.2) is 46.2 Å². The first-order valence-electron chi connectivity index (χ1n) is 9.63. The van der Waals surface area contributed by atoms with Gasteiger partial charge in [0, 0.05) is 6.20 Å². The minimum Gasteiger partial charge on any atom is -0.463 e. The summed E-state index contributed by atoms with van der Waals surface area (Å²) < 4.78 is 5.45. The maximum absolute atomic E-state index is 13.0. The zero-order chi connectivity index (χ0) is 20.2. The molecule has 1 aliphatic heterocycles. The highest BCUT2D eigenvalue weighted by atomic mass is 32.1. The summed E-state index contributed by atoms with van der Waals surface area (Å²) in [4.78, 5) is 36.6. The summed E-state index contributed by atoms with van der Waals surface area (Å²) in [5.74, 6) is 0.812. The minimum atomic E-state index is -0.250. The largest absolute Gasteiger partial charge is 0.463 e. The predicted octanol–water partition coefficient (Wildman–Crippen LogP) is 3.70. The van der Waals surface area contributed by atoms with E-state index < -0.39 is 0 Å². The van der Waals surface area contributed by atoms with E-state index in [9.17, 15) is 9.59 Å². The van der Waals surface area contributed by atoms with Crippen molar-refractivity contribution in [2.45, 2.75) is 19.8 Å². The Morgan fingerprint density at radius 2 is 2.07 bits per heavy atom. The maximum Gasteiger partial charge on any atom is 0.240 e. The van der Waals surface area contributed by atoms with Crippen molar-refractivity contribution >= 4 is 28.2 Å². The molecule has 1 aliphatic rings. The normalized spacial score (nSPS) is 15.3. The minimum absolute atomic E-state index is 0.129. The van der Waals surface area contributed by atoms with Gasteiger partial charge in [0.05, 0.1) is 12.8 Å². The van der Waals surface area contributed by atoms with Gasteiger partial charge in [0.1, 0.15) is 16.3 Å². The fourth-order valence-corrected chi connectivity index (χ4v) is 4.24. The third-order valence-corrected chi connectivity index (χ3v) is 5.94. The first-order chi connectivity index (χ1) is 14.1. The molecule has 0 spiro atoms. The number of aromatic nitrogens is 2. The molecule has 3 aromatic rings. The average Bonchev–Trinajstić information content (AvgIpc) is 3.39. The first kappa shape index (κ1) is 19.5. The molecule has 29 heavy (non-hydrogen) atoms. The molecule has 7 nitrogen and oxygen atoms in total. The number of nitrogens with zero attached hydrogens (tertiary/aromatic N) is 3. The van der Waals surface area contributed by atoms with E-state index in [2.05, 4.69) is 27.1 Å². The van der Waals surface area contributed by atoms with Gasteiger partial charge in [-0.3, -0.25) is 19.5 Å². The number of rotatable bonds is 6. The van der Waals surface area contributed by atoms with E-state index in [4.69, 9.17) is 4.42 Å². The molecule has 0 aromatic carbocycles. The van der Waals surface area contributed by atoms with Crippen molar-refractivity contribution in [1.82, 2.24) is 14.9 Å². The highest BCUT2D eigenvalue weighted by molar-refractivity contribution is 7.18. The Labute approximate surface area is 172 Å². The number of hydrogen-bond acceptors (Lipinski definition) is 7. The van der Waals surface area contributed by atoms with Crippen molar-refractivity contribution < 1.29 is 14.0 Å². The molecular formula is C21H22N4O3S. The van der Waals surface area contributed by atoms with Crippen LogP contribution in [0.2, 0.25) is 0 Å². The van der Waals surface area contributed by atoms with Gasteiger partial charge in [0.15, 0.2) is 10.9 Å². The number of carbonyl (C=O) groups excluding carboxylic acids is 2. The number of pyridine rings is 1. The number of anilines is 1. The van der Waals surface area contributed by atoms with Gasteiger partial charge in [0.2, 0.25) is 11.7 Å². The number of hydrogen-bond donors (Lipinski definition) is 1. The summed E-state index contributed by atoms with van der Waals surface area (Å²) >= 11 is 1.14. The molecule has 4 heterocycles. The van der Waals surface area contributed by atoms with E-state index in [1.165, 1.54) is 6.26 Å². The van der Waals surface area contributed by atoms with Crippen molar-refractivity contribution in [3.8, 4) is 11.5 Å². The summed E-state index contributed by atoms with van der Waals surface area (Å²) in [6, 6.07) is 8.65. The van der Waals surface area contributed by atoms with Gasteiger partial charge in [-0.2, -0.15) is 0 Å². The highest BCUT2D eigenvalue weighted by Crippen LogP contribution is 2.33. The molecule has 0 radical (unpaired) electrons. The van der Waals surface area contributed by atoms with E-state index >= 15 is 0 Å². The lowest BCUT2D eigenvalue weighted by atomic mass is 9.99. The molecule has 0 atom stereocenters. The third-order valence-electron chi connectivity index (χ3n) is 4.98. The Kier molecular flexibility index (Phi) is 5.82. The zero-order valence-electron chi connectivity index (χ0n) is 16.1. The van der Waals surface area contributed by atoms with E-state index in [1.54, 1.807) is 36.5 Å². The van der Waals surface area contributed by atoms with Gasteiger partial charge in [-0.1, -0.05) is 24.3 Å². The van der Waals surface area contributed by atoms with E-state index in [0.717, 1.165) is 37.3 Å². The van der Waals surface area contributed by atoms with Crippen LogP contribution in [0.4, 0.5) is 5.13 Å². The maximum atomic E-state index is 13.0. The smallest absolute Gasteiger partial charge is 0.240 e. The van der Waals surface area contributed by atoms with E-state index in [-0.39, 0.29) is 11.7 Å². The number of ketones is 1. The van der Waals surface area contributed by atoms with Crippen LogP contribution < -0.4 is 5.32 Å². The third kappa shape index (κ3) is 4.60. The van der Waals surface area contributed by atoms with E-state index in [1.807, 2.05) is 0 Å². The molecule has 1 amide bonds. The number of thiazole rings is 1. The molecule has 4 rings (SSSR count). The Balaban J connectivity index is 1.53. The monoisotopic (exact) mass is 410 g/mol. The SMILES string of the molecule is CC1CCN(CC(=O)Nc2nc(-c3ccco3)c(C(=O)c3ccccn3)s2)CC1. The van der Waals surface area contributed by atoms with Gasteiger partial charge >= 0.3 is 0 Å². The molecular weight excluding hydrogens is 388 g/mol. The van der Waals surface area contributed by atoms with Gasteiger partial charge < -0.3 is 9.73 Å². The number of likely N-dealkylation sites (tertiary alicyclic amines) is 1. The van der Waals surface area contributed by atoms with E-state index in [0.29, 0.717) is 39.6 Å².